The number of aryl methyl sites for hydroxylation is 1. The minimum Gasteiger partial charge on any atom is -0.478 e. The molecular weight excluding hydrogens is 456 g/mol. The maximum absolute atomic E-state index is 12.0. The molecule has 0 unspecified atom stereocenters. The highest BCUT2D eigenvalue weighted by Crippen LogP contribution is 2.55. The monoisotopic (exact) mass is 486 g/mol. The summed E-state index contributed by atoms with van der Waals surface area (Å²) in [5.74, 6) is 0.306. The molecular formula is C26H30N8O2. The summed E-state index contributed by atoms with van der Waals surface area (Å²) in [5.41, 5.74) is 3.84. The van der Waals surface area contributed by atoms with E-state index in [4.69, 9.17) is 0 Å². The lowest BCUT2D eigenvalue weighted by Gasteiger charge is -2.26. The van der Waals surface area contributed by atoms with E-state index in [0.29, 0.717) is 6.54 Å². The van der Waals surface area contributed by atoms with Crippen molar-refractivity contribution in [1.82, 2.24) is 39.2 Å². The van der Waals surface area contributed by atoms with Crippen LogP contribution in [0.3, 0.4) is 0 Å². The fourth-order valence-electron chi connectivity index (χ4n) is 5.38. The van der Waals surface area contributed by atoms with Crippen molar-refractivity contribution in [3.8, 4) is 5.69 Å². The highest BCUT2D eigenvalue weighted by Gasteiger charge is 2.46. The standard InChI is InChI=1S/C26H30N8O2/c1-31-16-23(29-30-31)20-13-21(20)25-22(26(35)36)14-28-34(25)19-7-5-6-18(12-19)15-33-11-8-27-24(33)17-32-9-3-2-4-10-32/h5-8,11-12,14,16,20-21H,2-4,9-10,13,15,17H2,1H3,(H,35,36)/t20-,21-/m1/s1. The molecule has 36 heavy (non-hydrogen) atoms. The first kappa shape index (κ1) is 22.7. The van der Waals surface area contributed by atoms with Gasteiger partial charge in [-0.15, -0.1) is 5.10 Å². The molecule has 2 aliphatic rings. The normalized spacial score (nSPS) is 20.0. The van der Waals surface area contributed by atoms with Crippen LogP contribution < -0.4 is 0 Å². The third-order valence-corrected chi connectivity index (χ3v) is 7.30. The first-order valence-corrected chi connectivity index (χ1v) is 12.6. The first-order valence-electron chi connectivity index (χ1n) is 12.6. The number of rotatable bonds is 8. The summed E-state index contributed by atoms with van der Waals surface area (Å²) in [6.07, 6.45) is 11.9. The summed E-state index contributed by atoms with van der Waals surface area (Å²) < 4.78 is 5.67. The van der Waals surface area contributed by atoms with Gasteiger partial charge < -0.3 is 9.67 Å². The Labute approximate surface area is 209 Å². The van der Waals surface area contributed by atoms with Crippen LogP contribution in [0.1, 0.15) is 70.7 Å². The maximum atomic E-state index is 12.0. The van der Waals surface area contributed by atoms with Gasteiger partial charge in [0.15, 0.2) is 0 Å². The van der Waals surface area contributed by atoms with E-state index in [0.717, 1.165) is 54.5 Å². The highest BCUT2D eigenvalue weighted by molar-refractivity contribution is 5.89. The Morgan fingerprint density at radius 1 is 1.14 bits per heavy atom. The van der Waals surface area contributed by atoms with E-state index in [2.05, 4.69) is 42.0 Å². The Hall–Kier alpha value is -3.79. The molecule has 3 aromatic heterocycles. The number of imidazole rings is 1. The number of hydrogen-bond donors (Lipinski definition) is 1. The molecule has 6 rings (SSSR count). The van der Waals surface area contributed by atoms with Gasteiger partial charge in [-0.25, -0.2) is 14.5 Å². The van der Waals surface area contributed by atoms with E-state index < -0.39 is 5.97 Å². The van der Waals surface area contributed by atoms with Crippen LogP contribution in [0.15, 0.2) is 49.1 Å². The quantitative estimate of drug-likeness (QED) is 0.408. The van der Waals surface area contributed by atoms with Crippen molar-refractivity contribution in [2.24, 2.45) is 7.05 Å². The Balaban J connectivity index is 1.26. The Kier molecular flexibility index (Phi) is 5.88. The first-order chi connectivity index (χ1) is 17.6. The molecule has 1 saturated heterocycles. The van der Waals surface area contributed by atoms with E-state index in [9.17, 15) is 9.90 Å². The lowest BCUT2D eigenvalue weighted by Crippen LogP contribution is -2.30. The molecule has 1 saturated carbocycles. The number of carbonyl (C=O) groups is 1. The van der Waals surface area contributed by atoms with Gasteiger partial charge in [0.05, 0.1) is 29.8 Å². The number of aromatic nitrogens is 7. The second-order valence-electron chi connectivity index (χ2n) is 9.90. The zero-order chi connectivity index (χ0) is 24.6. The van der Waals surface area contributed by atoms with E-state index in [1.54, 1.807) is 9.36 Å². The van der Waals surface area contributed by atoms with Crippen LogP contribution in [0, 0.1) is 0 Å². The minimum absolute atomic E-state index is 0.0451. The molecule has 4 heterocycles. The fourth-order valence-corrected chi connectivity index (χ4v) is 5.38. The molecule has 10 nitrogen and oxygen atoms in total. The van der Waals surface area contributed by atoms with Gasteiger partial charge in [0.2, 0.25) is 0 Å². The van der Waals surface area contributed by atoms with E-state index in [1.165, 1.54) is 25.5 Å². The summed E-state index contributed by atoms with van der Waals surface area (Å²) in [6, 6.07) is 8.17. The number of nitrogens with zero attached hydrogens (tertiary/aromatic N) is 8. The molecule has 186 valence electrons. The van der Waals surface area contributed by atoms with Crippen LogP contribution in [-0.2, 0) is 20.1 Å². The van der Waals surface area contributed by atoms with Gasteiger partial charge in [-0.05, 0) is 50.0 Å². The number of piperidine rings is 1. The third kappa shape index (κ3) is 4.44. The van der Waals surface area contributed by atoms with Crippen molar-refractivity contribution in [2.75, 3.05) is 13.1 Å². The molecule has 1 aromatic carbocycles. The van der Waals surface area contributed by atoms with Gasteiger partial charge in [0.25, 0.3) is 0 Å². The van der Waals surface area contributed by atoms with Crippen molar-refractivity contribution >= 4 is 5.97 Å². The van der Waals surface area contributed by atoms with E-state index >= 15 is 0 Å². The molecule has 0 radical (unpaired) electrons. The van der Waals surface area contributed by atoms with Crippen LogP contribution in [0.4, 0.5) is 0 Å². The molecule has 0 spiro atoms. The third-order valence-electron chi connectivity index (χ3n) is 7.30. The van der Waals surface area contributed by atoms with Crippen molar-refractivity contribution < 1.29 is 9.90 Å². The van der Waals surface area contributed by atoms with Crippen molar-refractivity contribution in [2.45, 2.75) is 50.6 Å². The molecule has 0 amide bonds. The predicted octanol–water partition coefficient (Wildman–Crippen LogP) is 3.20. The number of likely N-dealkylation sites (tertiary alicyclic amines) is 1. The summed E-state index contributed by atoms with van der Waals surface area (Å²) in [7, 11) is 1.84. The average Bonchev–Trinajstić information content (AvgIpc) is 3.19. The lowest BCUT2D eigenvalue weighted by molar-refractivity contribution is 0.0695. The van der Waals surface area contributed by atoms with Crippen molar-refractivity contribution in [3.05, 3.63) is 77.4 Å². The number of benzene rings is 1. The highest BCUT2D eigenvalue weighted by atomic mass is 16.4. The lowest BCUT2D eigenvalue weighted by atomic mass is 10.1. The predicted molar refractivity (Wildman–Crippen MR) is 132 cm³/mol. The van der Waals surface area contributed by atoms with Gasteiger partial charge >= 0.3 is 5.97 Å². The number of hydrogen-bond acceptors (Lipinski definition) is 6. The van der Waals surface area contributed by atoms with Crippen LogP contribution in [0.25, 0.3) is 5.69 Å². The summed E-state index contributed by atoms with van der Waals surface area (Å²) in [6.45, 7) is 3.83. The van der Waals surface area contributed by atoms with E-state index in [1.807, 2.05) is 37.8 Å². The second kappa shape index (κ2) is 9.34. The molecule has 0 bridgehead atoms. The Morgan fingerprint density at radius 3 is 2.78 bits per heavy atom. The molecule has 1 N–H and O–H groups in total. The molecule has 2 atom stereocenters. The zero-order valence-corrected chi connectivity index (χ0v) is 20.4. The van der Waals surface area contributed by atoms with Gasteiger partial charge in [0, 0.05) is 44.0 Å². The van der Waals surface area contributed by atoms with Crippen LogP contribution in [-0.4, -0.2) is 63.4 Å². The molecule has 4 aromatic rings. The van der Waals surface area contributed by atoms with Crippen molar-refractivity contribution in [3.63, 3.8) is 0 Å². The molecule has 1 aliphatic heterocycles. The average molecular weight is 487 g/mol. The van der Waals surface area contributed by atoms with Gasteiger partial charge in [0.1, 0.15) is 11.4 Å². The Bertz CT molecular complexity index is 1380. The molecule has 10 heteroatoms. The largest absolute Gasteiger partial charge is 0.478 e. The molecule has 2 fully saturated rings. The summed E-state index contributed by atoms with van der Waals surface area (Å²) in [5, 5.41) is 22.6. The fraction of sp³-hybridized carbons (Fsp3) is 0.423. The van der Waals surface area contributed by atoms with Crippen molar-refractivity contribution in [1.29, 1.82) is 0 Å². The summed E-state index contributed by atoms with van der Waals surface area (Å²) in [4.78, 5) is 19.1. The Morgan fingerprint density at radius 2 is 2.00 bits per heavy atom. The summed E-state index contributed by atoms with van der Waals surface area (Å²) >= 11 is 0. The molecule has 1 aliphatic carbocycles. The van der Waals surface area contributed by atoms with Crippen LogP contribution in [0.5, 0.6) is 0 Å². The topological polar surface area (TPSA) is 107 Å². The van der Waals surface area contributed by atoms with Crippen LogP contribution in [0.2, 0.25) is 0 Å². The SMILES string of the molecule is Cn1cc([C@@H]2C[C@H]2c2c(C(=O)O)cnn2-c2cccc(Cn3ccnc3CN3CCCCC3)c2)nn1. The zero-order valence-electron chi connectivity index (χ0n) is 20.4. The number of aromatic carboxylic acids is 1. The van der Waals surface area contributed by atoms with Gasteiger partial charge in [-0.3, -0.25) is 9.58 Å². The minimum atomic E-state index is -0.960. The van der Waals surface area contributed by atoms with Gasteiger partial charge in [-0.2, -0.15) is 5.10 Å². The second-order valence-corrected chi connectivity index (χ2v) is 9.90. The van der Waals surface area contributed by atoms with Gasteiger partial charge in [-0.1, -0.05) is 23.8 Å². The number of carboxylic acids is 1. The van der Waals surface area contributed by atoms with Crippen LogP contribution >= 0.6 is 0 Å². The maximum Gasteiger partial charge on any atom is 0.339 e. The number of carboxylic acid groups (broad SMARTS) is 1. The van der Waals surface area contributed by atoms with E-state index in [-0.39, 0.29) is 17.4 Å². The smallest absolute Gasteiger partial charge is 0.339 e.